The Morgan fingerprint density at radius 1 is 1.00 bits per heavy atom. The van der Waals surface area contributed by atoms with Gasteiger partial charge in [-0.15, -0.1) is 0 Å². The van der Waals surface area contributed by atoms with E-state index in [1.165, 1.54) is 24.5 Å². The van der Waals surface area contributed by atoms with Crippen LogP contribution in [0.2, 0.25) is 0 Å². The van der Waals surface area contributed by atoms with Gasteiger partial charge in [-0.2, -0.15) is 39.5 Å². The summed E-state index contributed by atoms with van der Waals surface area (Å²) in [6, 6.07) is 1.96. The first-order chi connectivity index (χ1) is 16.6. The zero-order chi connectivity index (χ0) is 26.7. The standard InChI is InChI=1S/C21H12F9N3O3/c1-35-17(34)13-2-3-15(33-5-4-31-16(13)33)14-9-18(36-32-14,21(28,29)30)10-6-11(19(22,23)24)8-12(7-10)20(25,26)27/h2-8H,9H2,1H3. The van der Waals surface area contributed by atoms with Crippen LogP contribution in [0, 0.1) is 0 Å². The molecule has 3 heterocycles. The molecular formula is C21H12F9N3O3. The zero-order valence-corrected chi connectivity index (χ0v) is 17.7. The first-order valence-electron chi connectivity index (χ1n) is 9.75. The van der Waals surface area contributed by atoms with Crippen LogP contribution in [0.15, 0.2) is 47.9 Å². The highest BCUT2D eigenvalue weighted by molar-refractivity contribution is 6.03. The lowest BCUT2D eigenvalue weighted by Crippen LogP contribution is -2.43. The molecule has 36 heavy (non-hydrogen) atoms. The predicted octanol–water partition coefficient (Wildman–Crippen LogP) is 5.74. The van der Waals surface area contributed by atoms with Gasteiger partial charge < -0.3 is 9.57 Å². The van der Waals surface area contributed by atoms with Crippen molar-refractivity contribution >= 4 is 17.3 Å². The smallest absolute Gasteiger partial charge is 0.435 e. The van der Waals surface area contributed by atoms with Gasteiger partial charge >= 0.3 is 24.5 Å². The van der Waals surface area contributed by atoms with Gasteiger partial charge in [-0.1, -0.05) is 5.16 Å². The number of ether oxygens (including phenoxy) is 1. The molecule has 1 aliphatic heterocycles. The maximum atomic E-state index is 14.3. The van der Waals surface area contributed by atoms with Crippen LogP contribution < -0.4 is 0 Å². The molecule has 4 rings (SSSR count). The van der Waals surface area contributed by atoms with Crippen LogP contribution in [0.4, 0.5) is 39.5 Å². The molecule has 0 amide bonds. The van der Waals surface area contributed by atoms with Crippen molar-refractivity contribution < 1.29 is 53.9 Å². The quantitative estimate of drug-likeness (QED) is 0.323. The van der Waals surface area contributed by atoms with Crippen molar-refractivity contribution in [2.45, 2.75) is 30.6 Å². The number of pyridine rings is 1. The number of hydrogen-bond acceptors (Lipinski definition) is 5. The molecule has 1 aromatic carbocycles. The van der Waals surface area contributed by atoms with Crippen LogP contribution in [0.5, 0.6) is 0 Å². The van der Waals surface area contributed by atoms with Gasteiger partial charge in [0.15, 0.2) is 5.65 Å². The Bertz CT molecular complexity index is 1340. The van der Waals surface area contributed by atoms with E-state index >= 15 is 0 Å². The Labute approximate surface area is 194 Å². The molecule has 6 nitrogen and oxygen atoms in total. The van der Waals surface area contributed by atoms with Crippen LogP contribution >= 0.6 is 0 Å². The first kappa shape index (κ1) is 25.3. The third kappa shape index (κ3) is 4.11. The fraction of sp³-hybridized carbons (Fsp3) is 0.286. The predicted molar refractivity (Wildman–Crippen MR) is 103 cm³/mol. The van der Waals surface area contributed by atoms with E-state index in [0.717, 1.165) is 11.5 Å². The number of aromatic nitrogens is 2. The lowest BCUT2D eigenvalue weighted by molar-refractivity contribution is -0.276. The summed E-state index contributed by atoms with van der Waals surface area (Å²) in [5.74, 6) is -0.810. The van der Waals surface area contributed by atoms with Gasteiger partial charge in [0.2, 0.25) is 0 Å². The number of methoxy groups -OCH3 is 1. The van der Waals surface area contributed by atoms with E-state index < -0.39 is 58.9 Å². The molecule has 1 unspecified atom stereocenters. The molecule has 0 saturated carbocycles. The minimum Gasteiger partial charge on any atom is -0.465 e. The topological polar surface area (TPSA) is 65.2 Å². The number of carbonyl (C=O) groups excluding carboxylic acids is 1. The van der Waals surface area contributed by atoms with Crippen LogP contribution in [-0.2, 0) is 27.5 Å². The summed E-state index contributed by atoms with van der Waals surface area (Å²) in [6.07, 6.45) is -15.0. The molecule has 0 saturated heterocycles. The highest BCUT2D eigenvalue weighted by Crippen LogP contribution is 2.50. The van der Waals surface area contributed by atoms with E-state index in [1.807, 2.05) is 0 Å². The van der Waals surface area contributed by atoms with Crippen molar-refractivity contribution in [2.24, 2.45) is 5.16 Å². The summed E-state index contributed by atoms with van der Waals surface area (Å²) in [6.45, 7) is 0. The average molecular weight is 525 g/mol. The second-order valence-electron chi connectivity index (χ2n) is 7.67. The Morgan fingerprint density at radius 2 is 1.61 bits per heavy atom. The second-order valence-corrected chi connectivity index (χ2v) is 7.67. The monoisotopic (exact) mass is 525 g/mol. The number of esters is 1. The molecule has 0 N–H and O–H groups in total. The Balaban J connectivity index is 1.86. The lowest BCUT2D eigenvalue weighted by atomic mass is 9.85. The second kappa shape index (κ2) is 8.13. The van der Waals surface area contributed by atoms with Crippen LogP contribution in [0.3, 0.4) is 0 Å². The molecule has 1 atom stereocenters. The minimum atomic E-state index is -5.48. The number of alkyl halides is 9. The molecule has 0 spiro atoms. The average Bonchev–Trinajstić information content (AvgIpc) is 3.44. The number of hydrogen-bond donors (Lipinski definition) is 0. The summed E-state index contributed by atoms with van der Waals surface area (Å²) in [5.41, 5.74) is -9.60. The number of rotatable bonds is 3. The van der Waals surface area contributed by atoms with Gasteiger partial charge in [0.1, 0.15) is 11.3 Å². The number of halogens is 9. The Kier molecular flexibility index (Phi) is 5.72. The highest BCUT2D eigenvalue weighted by Gasteiger charge is 2.63. The van der Waals surface area contributed by atoms with Gasteiger partial charge in [-0.05, 0) is 30.3 Å². The molecule has 2 aromatic heterocycles. The number of carbonyl (C=O) groups is 1. The SMILES string of the molecule is COC(=O)c1ccc(C2=NOC(c3cc(C(F)(F)F)cc(C(F)(F)F)c3)(C(F)(F)F)C2)n2ccnc12. The molecular weight excluding hydrogens is 513 g/mol. The number of benzene rings is 1. The molecule has 1 aliphatic rings. The van der Waals surface area contributed by atoms with Crippen molar-refractivity contribution in [3.8, 4) is 0 Å². The molecule has 0 aliphatic carbocycles. The number of fused-ring (bicyclic) bond motifs is 1. The molecule has 0 fully saturated rings. The highest BCUT2D eigenvalue weighted by atomic mass is 19.4. The molecule has 15 heteroatoms. The summed E-state index contributed by atoms with van der Waals surface area (Å²) in [5, 5.41) is 3.38. The van der Waals surface area contributed by atoms with Crippen LogP contribution in [0.25, 0.3) is 5.65 Å². The number of imidazole rings is 1. The normalized spacial score (nSPS) is 18.8. The van der Waals surface area contributed by atoms with E-state index in [0.29, 0.717) is 0 Å². The molecule has 192 valence electrons. The first-order valence-corrected chi connectivity index (χ1v) is 9.75. The Hall–Kier alpha value is -3.78. The van der Waals surface area contributed by atoms with Gasteiger partial charge in [0, 0.05) is 18.0 Å². The van der Waals surface area contributed by atoms with E-state index in [4.69, 9.17) is 0 Å². The largest absolute Gasteiger partial charge is 0.465 e. The summed E-state index contributed by atoms with van der Waals surface area (Å²) < 4.78 is 128. The van der Waals surface area contributed by atoms with Crippen molar-refractivity contribution in [3.63, 3.8) is 0 Å². The molecule has 0 radical (unpaired) electrons. The number of nitrogens with zero attached hydrogens (tertiary/aromatic N) is 3. The third-order valence-electron chi connectivity index (χ3n) is 5.49. The van der Waals surface area contributed by atoms with Gasteiger partial charge in [-0.3, -0.25) is 4.40 Å². The minimum absolute atomic E-state index is 0.0371. The summed E-state index contributed by atoms with van der Waals surface area (Å²) >= 11 is 0. The van der Waals surface area contributed by atoms with E-state index in [9.17, 15) is 44.3 Å². The molecule has 0 bridgehead atoms. The zero-order valence-electron chi connectivity index (χ0n) is 17.7. The van der Waals surface area contributed by atoms with Crippen LogP contribution in [-0.4, -0.2) is 34.4 Å². The maximum absolute atomic E-state index is 14.3. The fourth-order valence-corrected chi connectivity index (χ4v) is 3.75. The van der Waals surface area contributed by atoms with Crippen molar-refractivity contribution in [3.05, 3.63) is 70.7 Å². The lowest BCUT2D eigenvalue weighted by Gasteiger charge is -2.30. The van der Waals surface area contributed by atoms with E-state index in [1.54, 1.807) is 0 Å². The fourth-order valence-electron chi connectivity index (χ4n) is 3.75. The molecule has 3 aromatic rings. The van der Waals surface area contributed by atoms with Crippen molar-refractivity contribution in [1.82, 2.24) is 9.38 Å². The van der Waals surface area contributed by atoms with Gasteiger partial charge in [0.25, 0.3) is 5.60 Å². The van der Waals surface area contributed by atoms with Crippen LogP contribution in [0.1, 0.15) is 39.2 Å². The van der Waals surface area contributed by atoms with Crippen molar-refractivity contribution in [1.29, 1.82) is 0 Å². The van der Waals surface area contributed by atoms with E-state index in [-0.39, 0.29) is 35.1 Å². The van der Waals surface area contributed by atoms with Gasteiger partial charge in [-0.25, -0.2) is 9.78 Å². The van der Waals surface area contributed by atoms with Gasteiger partial charge in [0.05, 0.1) is 30.4 Å². The Morgan fingerprint density at radius 3 is 2.14 bits per heavy atom. The summed E-state index contributed by atoms with van der Waals surface area (Å²) in [4.78, 5) is 20.5. The summed E-state index contributed by atoms with van der Waals surface area (Å²) in [7, 11) is 1.09. The number of oxime groups is 1. The third-order valence-corrected chi connectivity index (χ3v) is 5.49. The van der Waals surface area contributed by atoms with E-state index in [2.05, 4.69) is 19.7 Å². The van der Waals surface area contributed by atoms with Crippen molar-refractivity contribution in [2.75, 3.05) is 7.11 Å². The maximum Gasteiger partial charge on any atom is 0.435 e.